The van der Waals surface area contributed by atoms with Gasteiger partial charge < -0.3 is 15.0 Å². The minimum atomic E-state index is -0.139. The third kappa shape index (κ3) is 2.75. The molecule has 22 heavy (non-hydrogen) atoms. The van der Waals surface area contributed by atoms with Gasteiger partial charge in [-0.2, -0.15) is 0 Å². The Bertz CT molecular complexity index is 822. The molecule has 114 valence electrons. The molecule has 0 aliphatic heterocycles. The van der Waals surface area contributed by atoms with Gasteiger partial charge in [0.15, 0.2) is 0 Å². The Morgan fingerprint density at radius 3 is 3.00 bits per heavy atom. The number of hydrogen-bond donors (Lipinski definition) is 2. The fourth-order valence-electron chi connectivity index (χ4n) is 2.22. The molecule has 0 bridgehead atoms. The molecule has 1 atom stereocenters. The third-order valence-electron chi connectivity index (χ3n) is 3.53. The normalized spacial score (nSPS) is 12.5. The van der Waals surface area contributed by atoms with E-state index < -0.39 is 0 Å². The number of nitrogens with zero attached hydrogens (tertiary/aromatic N) is 1. The lowest BCUT2D eigenvalue weighted by Crippen LogP contribution is -2.11. The first-order chi connectivity index (χ1) is 10.6. The Morgan fingerprint density at radius 2 is 2.23 bits per heavy atom. The molecule has 6 heteroatoms. The molecule has 0 unspecified atom stereocenters. The van der Waals surface area contributed by atoms with Crippen molar-refractivity contribution in [2.24, 2.45) is 0 Å². The Labute approximate surface area is 132 Å². The van der Waals surface area contributed by atoms with E-state index in [2.05, 4.69) is 15.3 Å². The number of methoxy groups -OCH3 is 1. The van der Waals surface area contributed by atoms with Crippen LogP contribution in [0.3, 0.4) is 0 Å². The maximum atomic E-state index is 12.4. The van der Waals surface area contributed by atoms with Crippen molar-refractivity contribution in [1.82, 2.24) is 9.97 Å². The van der Waals surface area contributed by atoms with E-state index in [0.29, 0.717) is 4.88 Å². The average molecular weight is 315 g/mol. The molecule has 0 saturated heterocycles. The van der Waals surface area contributed by atoms with Gasteiger partial charge in [-0.1, -0.05) is 0 Å². The summed E-state index contributed by atoms with van der Waals surface area (Å²) in [4.78, 5) is 20.6. The molecule has 3 rings (SSSR count). The number of hydrogen-bond acceptors (Lipinski definition) is 4. The molecule has 2 aromatic heterocycles. The van der Waals surface area contributed by atoms with Gasteiger partial charge in [-0.25, -0.2) is 4.98 Å². The lowest BCUT2D eigenvalue weighted by molar-refractivity contribution is 0.103. The lowest BCUT2D eigenvalue weighted by Gasteiger charge is -2.04. The number of amides is 1. The number of carbonyl (C=O) groups is 1. The number of aromatic nitrogens is 2. The van der Waals surface area contributed by atoms with E-state index in [1.807, 2.05) is 44.3 Å². The fraction of sp³-hybridized carbons (Fsp3) is 0.250. The van der Waals surface area contributed by atoms with Crippen LogP contribution in [0, 0.1) is 6.92 Å². The molecule has 1 amide bonds. The summed E-state index contributed by atoms with van der Waals surface area (Å²) >= 11 is 1.37. The highest BCUT2D eigenvalue weighted by atomic mass is 32.1. The van der Waals surface area contributed by atoms with Gasteiger partial charge in [0.2, 0.25) is 0 Å². The number of ether oxygens (including phenoxy) is 1. The van der Waals surface area contributed by atoms with Crippen molar-refractivity contribution in [3.8, 4) is 0 Å². The second kappa shape index (κ2) is 5.90. The molecule has 0 saturated carbocycles. The maximum Gasteiger partial charge on any atom is 0.267 e. The zero-order valence-corrected chi connectivity index (χ0v) is 13.5. The molecular weight excluding hydrogens is 298 g/mol. The highest BCUT2D eigenvalue weighted by Gasteiger charge is 2.18. The lowest BCUT2D eigenvalue weighted by atomic mass is 10.2. The van der Waals surface area contributed by atoms with Gasteiger partial charge in [-0.05, 0) is 38.1 Å². The van der Waals surface area contributed by atoms with Crippen molar-refractivity contribution in [3.05, 3.63) is 46.0 Å². The second-order valence-corrected chi connectivity index (χ2v) is 6.11. The van der Waals surface area contributed by atoms with Crippen molar-refractivity contribution in [3.63, 3.8) is 0 Å². The standard InChI is InChI=1S/C16H17N3O2S/c1-9-14(22-16(18-9)10(2)21-3)15(20)19-12-4-5-13-11(8-12)6-7-17-13/h4-8,10,17H,1-3H3,(H,19,20)/t10-/m1/s1. The van der Waals surface area contributed by atoms with E-state index in [9.17, 15) is 4.79 Å². The first-order valence-electron chi connectivity index (χ1n) is 6.97. The van der Waals surface area contributed by atoms with Gasteiger partial charge in [0.05, 0.1) is 5.69 Å². The number of thiazole rings is 1. The van der Waals surface area contributed by atoms with Crippen LogP contribution in [0.15, 0.2) is 30.5 Å². The van der Waals surface area contributed by atoms with E-state index in [-0.39, 0.29) is 12.0 Å². The predicted octanol–water partition coefficient (Wildman–Crippen LogP) is 3.89. The highest BCUT2D eigenvalue weighted by Crippen LogP contribution is 2.26. The quantitative estimate of drug-likeness (QED) is 0.767. The number of aromatic amines is 1. The molecule has 0 aliphatic carbocycles. The number of fused-ring (bicyclic) bond motifs is 1. The third-order valence-corrected chi connectivity index (χ3v) is 4.85. The summed E-state index contributed by atoms with van der Waals surface area (Å²) in [6.07, 6.45) is 1.77. The molecule has 0 spiro atoms. The van der Waals surface area contributed by atoms with E-state index in [0.717, 1.165) is 27.3 Å². The minimum Gasteiger partial charge on any atom is -0.375 e. The topological polar surface area (TPSA) is 67.0 Å². The first-order valence-corrected chi connectivity index (χ1v) is 7.78. The van der Waals surface area contributed by atoms with Crippen LogP contribution < -0.4 is 5.32 Å². The van der Waals surface area contributed by atoms with Crippen LogP contribution in [0.4, 0.5) is 5.69 Å². The van der Waals surface area contributed by atoms with Crippen molar-refractivity contribution in [2.75, 3.05) is 12.4 Å². The smallest absolute Gasteiger partial charge is 0.267 e. The van der Waals surface area contributed by atoms with Crippen LogP contribution in [0.1, 0.15) is 33.4 Å². The van der Waals surface area contributed by atoms with Gasteiger partial charge in [0, 0.05) is 29.9 Å². The van der Waals surface area contributed by atoms with E-state index in [1.54, 1.807) is 7.11 Å². The minimum absolute atomic E-state index is 0.110. The average Bonchev–Trinajstić information content (AvgIpc) is 3.12. The summed E-state index contributed by atoms with van der Waals surface area (Å²) in [6.45, 7) is 3.76. The summed E-state index contributed by atoms with van der Waals surface area (Å²) in [5.74, 6) is -0.139. The summed E-state index contributed by atoms with van der Waals surface area (Å²) in [5, 5.41) is 4.80. The fourth-order valence-corrected chi connectivity index (χ4v) is 3.21. The van der Waals surface area contributed by atoms with Crippen molar-refractivity contribution >= 4 is 33.8 Å². The zero-order chi connectivity index (χ0) is 15.7. The summed E-state index contributed by atoms with van der Waals surface area (Å²) in [5.41, 5.74) is 2.54. The number of benzene rings is 1. The van der Waals surface area contributed by atoms with Gasteiger partial charge in [-0.3, -0.25) is 4.79 Å². The highest BCUT2D eigenvalue weighted by molar-refractivity contribution is 7.14. The van der Waals surface area contributed by atoms with Crippen LogP contribution in [-0.4, -0.2) is 23.0 Å². The Morgan fingerprint density at radius 1 is 1.41 bits per heavy atom. The summed E-state index contributed by atoms with van der Waals surface area (Å²) in [7, 11) is 1.63. The predicted molar refractivity (Wildman–Crippen MR) is 88.5 cm³/mol. The van der Waals surface area contributed by atoms with Crippen LogP contribution >= 0.6 is 11.3 Å². The number of carbonyl (C=O) groups excluding carboxylic acids is 1. The Kier molecular flexibility index (Phi) is 3.96. The van der Waals surface area contributed by atoms with Gasteiger partial charge in [-0.15, -0.1) is 11.3 Å². The molecule has 1 aromatic carbocycles. The van der Waals surface area contributed by atoms with Gasteiger partial charge in [0.25, 0.3) is 5.91 Å². The number of H-pyrrole nitrogens is 1. The number of aryl methyl sites for hydroxylation is 1. The Balaban J connectivity index is 1.83. The zero-order valence-electron chi connectivity index (χ0n) is 12.6. The number of rotatable bonds is 4. The van der Waals surface area contributed by atoms with E-state index in [1.165, 1.54) is 11.3 Å². The summed E-state index contributed by atoms with van der Waals surface area (Å²) < 4.78 is 5.25. The van der Waals surface area contributed by atoms with Crippen molar-refractivity contribution in [2.45, 2.75) is 20.0 Å². The molecule has 3 aromatic rings. The molecule has 2 N–H and O–H groups in total. The van der Waals surface area contributed by atoms with Gasteiger partial charge in [0.1, 0.15) is 16.0 Å². The molecule has 0 radical (unpaired) electrons. The molecule has 2 heterocycles. The summed E-state index contributed by atoms with van der Waals surface area (Å²) in [6, 6.07) is 7.74. The SMILES string of the molecule is CO[C@H](C)c1nc(C)c(C(=O)Nc2ccc3[nH]ccc3c2)s1. The van der Waals surface area contributed by atoms with Crippen LogP contribution in [0.5, 0.6) is 0 Å². The molecule has 0 fully saturated rings. The second-order valence-electron chi connectivity index (χ2n) is 5.08. The van der Waals surface area contributed by atoms with Crippen LogP contribution in [0.2, 0.25) is 0 Å². The Hall–Kier alpha value is -2.18. The molecule has 5 nitrogen and oxygen atoms in total. The molecule has 0 aliphatic rings. The van der Waals surface area contributed by atoms with E-state index in [4.69, 9.17) is 4.74 Å². The first kappa shape index (κ1) is 14.7. The monoisotopic (exact) mass is 315 g/mol. The largest absolute Gasteiger partial charge is 0.375 e. The van der Waals surface area contributed by atoms with Crippen molar-refractivity contribution < 1.29 is 9.53 Å². The maximum absolute atomic E-state index is 12.4. The van der Waals surface area contributed by atoms with Crippen LogP contribution in [-0.2, 0) is 4.74 Å². The van der Waals surface area contributed by atoms with Gasteiger partial charge >= 0.3 is 0 Å². The molecular formula is C16H17N3O2S. The van der Waals surface area contributed by atoms with Crippen LogP contribution in [0.25, 0.3) is 10.9 Å². The number of anilines is 1. The number of nitrogens with one attached hydrogen (secondary N) is 2. The van der Waals surface area contributed by atoms with Crippen molar-refractivity contribution in [1.29, 1.82) is 0 Å². The van der Waals surface area contributed by atoms with E-state index >= 15 is 0 Å².